The van der Waals surface area contributed by atoms with Crippen LogP contribution in [-0.2, 0) is 11.3 Å². The number of nitrogens with one attached hydrogen (secondary N) is 1. The van der Waals surface area contributed by atoms with Crippen LogP contribution in [0, 0.1) is 0 Å². The summed E-state index contributed by atoms with van der Waals surface area (Å²) in [4.78, 5) is 0. The van der Waals surface area contributed by atoms with Gasteiger partial charge in [-0.1, -0.05) is 18.2 Å². The molecule has 1 atom stereocenters. The van der Waals surface area contributed by atoms with Crippen molar-refractivity contribution in [3.63, 3.8) is 0 Å². The van der Waals surface area contributed by atoms with Crippen LogP contribution in [0.3, 0.4) is 0 Å². The van der Waals surface area contributed by atoms with E-state index >= 15 is 0 Å². The van der Waals surface area contributed by atoms with E-state index in [0.717, 1.165) is 37.0 Å². The first-order chi connectivity index (χ1) is 10.7. The topological polar surface area (TPSA) is 71.0 Å². The molecular weight excluding hydrogens is 282 g/mol. The highest BCUT2D eigenvalue weighted by atomic mass is 16.5. The fourth-order valence-electron chi connectivity index (χ4n) is 2.77. The monoisotopic (exact) mass is 309 g/mol. The highest BCUT2D eigenvalue weighted by molar-refractivity contribution is 5.32. The summed E-state index contributed by atoms with van der Waals surface area (Å²) in [5.74, 6) is 0.802. The standard InChI is InChI=1S/C17H27NO4/c1-21-17-5-3-2-4-13(17)11-22-12-16(20)10-18-14-6-8-15(19)9-7-14/h2-5,14-16,18-20H,6-12H2,1H3/t14?,15?,16-/m0/s1. The average molecular weight is 309 g/mol. The molecule has 124 valence electrons. The Bertz CT molecular complexity index is 432. The molecule has 0 aromatic heterocycles. The lowest BCUT2D eigenvalue weighted by Gasteiger charge is -2.27. The van der Waals surface area contributed by atoms with Gasteiger partial charge in [0.15, 0.2) is 0 Å². The SMILES string of the molecule is COc1ccccc1COC[C@@H](O)CNC1CCC(O)CC1. The van der Waals surface area contributed by atoms with Gasteiger partial charge in [-0.05, 0) is 31.7 Å². The molecule has 1 aliphatic rings. The summed E-state index contributed by atoms with van der Waals surface area (Å²) in [6.07, 6.45) is 2.95. The van der Waals surface area contributed by atoms with Crippen LogP contribution in [0.25, 0.3) is 0 Å². The Balaban J connectivity index is 1.62. The third-order valence-corrected chi connectivity index (χ3v) is 4.10. The summed E-state index contributed by atoms with van der Waals surface area (Å²) in [5.41, 5.74) is 0.978. The van der Waals surface area contributed by atoms with Gasteiger partial charge in [0.05, 0.1) is 32.5 Å². The van der Waals surface area contributed by atoms with Crippen molar-refractivity contribution in [2.24, 2.45) is 0 Å². The van der Waals surface area contributed by atoms with Crippen molar-refractivity contribution in [1.29, 1.82) is 0 Å². The van der Waals surface area contributed by atoms with Gasteiger partial charge in [0.2, 0.25) is 0 Å². The number of aliphatic hydroxyl groups excluding tert-OH is 2. The van der Waals surface area contributed by atoms with Crippen LogP contribution in [-0.4, -0.2) is 48.7 Å². The fraction of sp³-hybridized carbons (Fsp3) is 0.647. The van der Waals surface area contributed by atoms with Gasteiger partial charge in [0.1, 0.15) is 5.75 Å². The van der Waals surface area contributed by atoms with Crippen LogP contribution < -0.4 is 10.1 Å². The van der Waals surface area contributed by atoms with E-state index in [0.29, 0.717) is 25.8 Å². The van der Waals surface area contributed by atoms with E-state index in [4.69, 9.17) is 9.47 Å². The van der Waals surface area contributed by atoms with Crippen molar-refractivity contribution in [3.8, 4) is 5.75 Å². The molecule has 0 spiro atoms. The van der Waals surface area contributed by atoms with Gasteiger partial charge in [-0.3, -0.25) is 0 Å². The lowest BCUT2D eigenvalue weighted by Crippen LogP contribution is -2.40. The van der Waals surface area contributed by atoms with Crippen molar-refractivity contribution in [2.75, 3.05) is 20.3 Å². The molecule has 0 bridgehead atoms. The molecule has 1 saturated carbocycles. The minimum absolute atomic E-state index is 0.146. The van der Waals surface area contributed by atoms with Crippen LogP contribution in [0.1, 0.15) is 31.2 Å². The maximum atomic E-state index is 9.97. The number of aliphatic hydroxyl groups is 2. The van der Waals surface area contributed by atoms with Crippen molar-refractivity contribution in [2.45, 2.75) is 50.5 Å². The van der Waals surface area contributed by atoms with Gasteiger partial charge in [-0.2, -0.15) is 0 Å². The third kappa shape index (κ3) is 5.57. The smallest absolute Gasteiger partial charge is 0.124 e. The molecule has 1 aromatic carbocycles. The van der Waals surface area contributed by atoms with Gasteiger partial charge in [0.25, 0.3) is 0 Å². The van der Waals surface area contributed by atoms with Crippen LogP contribution >= 0.6 is 0 Å². The van der Waals surface area contributed by atoms with Crippen LogP contribution in [0.4, 0.5) is 0 Å². The van der Waals surface area contributed by atoms with E-state index in [-0.39, 0.29) is 6.10 Å². The second-order valence-corrected chi connectivity index (χ2v) is 5.89. The Hall–Kier alpha value is -1.14. The van der Waals surface area contributed by atoms with Gasteiger partial charge < -0.3 is 25.0 Å². The van der Waals surface area contributed by atoms with Crippen molar-refractivity contribution in [3.05, 3.63) is 29.8 Å². The molecule has 5 nitrogen and oxygen atoms in total. The van der Waals surface area contributed by atoms with Crippen molar-refractivity contribution in [1.82, 2.24) is 5.32 Å². The van der Waals surface area contributed by atoms with Gasteiger partial charge in [-0.15, -0.1) is 0 Å². The Morgan fingerprint density at radius 3 is 2.68 bits per heavy atom. The largest absolute Gasteiger partial charge is 0.496 e. The summed E-state index contributed by atoms with van der Waals surface area (Å²) in [6, 6.07) is 8.11. The van der Waals surface area contributed by atoms with E-state index in [1.807, 2.05) is 24.3 Å². The number of hydrogen-bond acceptors (Lipinski definition) is 5. The number of ether oxygens (including phenoxy) is 2. The average Bonchev–Trinajstić information content (AvgIpc) is 2.55. The third-order valence-electron chi connectivity index (χ3n) is 4.10. The molecule has 3 N–H and O–H groups in total. The molecule has 0 unspecified atom stereocenters. The second kappa shape index (κ2) is 9.10. The highest BCUT2D eigenvalue weighted by Crippen LogP contribution is 2.19. The minimum Gasteiger partial charge on any atom is -0.496 e. The molecule has 0 amide bonds. The van der Waals surface area contributed by atoms with E-state index in [1.165, 1.54) is 0 Å². The van der Waals surface area contributed by atoms with Gasteiger partial charge >= 0.3 is 0 Å². The lowest BCUT2D eigenvalue weighted by molar-refractivity contribution is 0.0251. The molecule has 0 saturated heterocycles. The van der Waals surface area contributed by atoms with E-state index in [9.17, 15) is 10.2 Å². The highest BCUT2D eigenvalue weighted by Gasteiger charge is 2.19. The second-order valence-electron chi connectivity index (χ2n) is 5.89. The molecule has 22 heavy (non-hydrogen) atoms. The number of rotatable bonds is 8. The van der Waals surface area contributed by atoms with Gasteiger partial charge in [0, 0.05) is 18.2 Å². The van der Waals surface area contributed by atoms with Crippen LogP contribution in [0.5, 0.6) is 5.75 Å². The molecule has 0 radical (unpaired) electrons. The maximum absolute atomic E-state index is 9.97. The Morgan fingerprint density at radius 1 is 1.23 bits per heavy atom. The summed E-state index contributed by atoms with van der Waals surface area (Å²) < 4.78 is 10.8. The number of benzene rings is 1. The molecule has 5 heteroatoms. The zero-order valence-electron chi connectivity index (χ0n) is 13.2. The zero-order chi connectivity index (χ0) is 15.8. The molecule has 1 aliphatic carbocycles. The number of methoxy groups -OCH3 is 1. The Morgan fingerprint density at radius 2 is 1.95 bits per heavy atom. The Kier molecular flexibility index (Phi) is 7.12. The first-order valence-electron chi connectivity index (χ1n) is 7.98. The minimum atomic E-state index is -0.526. The molecule has 0 heterocycles. The van der Waals surface area contributed by atoms with Crippen molar-refractivity contribution >= 4 is 0 Å². The first kappa shape index (κ1) is 17.2. The number of para-hydroxylation sites is 1. The van der Waals surface area contributed by atoms with E-state index in [2.05, 4.69) is 5.32 Å². The first-order valence-corrected chi connectivity index (χ1v) is 7.98. The summed E-state index contributed by atoms with van der Waals surface area (Å²) in [7, 11) is 1.64. The number of hydrogen-bond donors (Lipinski definition) is 3. The molecule has 2 rings (SSSR count). The van der Waals surface area contributed by atoms with Gasteiger partial charge in [-0.25, -0.2) is 0 Å². The molecule has 1 fully saturated rings. The lowest BCUT2D eigenvalue weighted by atomic mass is 9.93. The summed E-state index contributed by atoms with van der Waals surface area (Å²) in [6.45, 7) is 1.24. The predicted molar refractivity (Wildman–Crippen MR) is 84.9 cm³/mol. The summed E-state index contributed by atoms with van der Waals surface area (Å²) >= 11 is 0. The normalized spacial score (nSPS) is 23.2. The van der Waals surface area contributed by atoms with E-state index < -0.39 is 6.10 Å². The molecule has 1 aromatic rings. The summed E-state index contributed by atoms with van der Waals surface area (Å²) in [5, 5.41) is 22.8. The fourth-order valence-corrected chi connectivity index (χ4v) is 2.77. The quantitative estimate of drug-likeness (QED) is 0.678. The van der Waals surface area contributed by atoms with Crippen LogP contribution in [0.2, 0.25) is 0 Å². The van der Waals surface area contributed by atoms with Crippen LogP contribution in [0.15, 0.2) is 24.3 Å². The zero-order valence-corrected chi connectivity index (χ0v) is 13.2. The predicted octanol–water partition coefficient (Wildman–Crippen LogP) is 1.47. The Labute approximate surface area is 132 Å². The maximum Gasteiger partial charge on any atom is 0.124 e. The van der Waals surface area contributed by atoms with E-state index in [1.54, 1.807) is 7.11 Å². The molecule has 0 aliphatic heterocycles. The van der Waals surface area contributed by atoms with Crippen molar-refractivity contribution < 1.29 is 19.7 Å². The molecular formula is C17H27NO4.